The van der Waals surface area contributed by atoms with Crippen molar-refractivity contribution in [2.24, 2.45) is 5.92 Å². The maximum atomic E-state index is 4.23. The van der Waals surface area contributed by atoms with E-state index in [9.17, 15) is 0 Å². The van der Waals surface area contributed by atoms with Crippen LogP contribution in [0.15, 0.2) is 6.20 Å². The molecule has 1 N–H and O–H groups in total. The summed E-state index contributed by atoms with van der Waals surface area (Å²) in [6.45, 7) is 6.45. The van der Waals surface area contributed by atoms with Crippen LogP contribution in [0, 0.1) is 5.92 Å². The van der Waals surface area contributed by atoms with Crippen molar-refractivity contribution in [2.75, 3.05) is 18.1 Å². The molecule has 0 bridgehead atoms. The van der Waals surface area contributed by atoms with E-state index in [1.165, 1.54) is 30.0 Å². The van der Waals surface area contributed by atoms with E-state index in [2.05, 4.69) is 45.9 Å². The minimum absolute atomic E-state index is 0.432. The number of hydrogen-bond acceptors (Lipinski definition) is 4. The minimum Gasteiger partial charge on any atom is -0.308 e. The van der Waals surface area contributed by atoms with E-state index >= 15 is 0 Å². The van der Waals surface area contributed by atoms with Gasteiger partial charge in [0.2, 0.25) is 0 Å². The fraction of sp³-hybridized carbons (Fsp3) is 0.846. The van der Waals surface area contributed by atoms with Crippen molar-refractivity contribution < 1.29 is 0 Å². The fourth-order valence-electron chi connectivity index (χ4n) is 2.52. The lowest BCUT2D eigenvalue weighted by atomic mass is 9.96. The summed E-state index contributed by atoms with van der Waals surface area (Å²) in [4.78, 5) is 0. The zero-order chi connectivity index (χ0) is 12.8. The molecule has 4 nitrogen and oxygen atoms in total. The van der Waals surface area contributed by atoms with Crippen LogP contribution in [0.5, 0.6) is 0 Å². The molecule has 2 heterocycles. The summed E-state index contributed by atoms with van der Waals surface area (Å²) in [5, 5.41) is 12.0. The molecule has 18 heavy (non-hydrogen) atoms. The molecule has 102 valence electrons. The lowest BCUT2D eigenvalue weighted by Gasteiger charge is -2.24. The second kappa shape index (κ2) is 7.14. The van der Waals surface area contributed by atoms with Gasteiger partial charge in [-0.05, 0) is 43.2 Å². The molecule has 0 aromatic carbocycles. The van der Waals surface area contributed by atoms with Crippen molar-refractivity contribution in [1.29, 1.82) is 0 Å². The first kappa shape index (κ1) is 13.9. The molecule has 0 spiro atoms. The molecule has 2 atom stereocenters. The standard InChI is InChI=1S/C13H24N4S/c1-3-6-14-13(11-5-8-18-10-11)12-9-15-16-17(12)7-4-2/h9,11,13-14H,3-8,10H2,1-2H3. The van der Waals surface area contributed by atoms with E-state index in [0.29, 0.717) is 6.04 Å². The molecule has 0 amide bonds. The summed E-state index contributed by atoms with van der Waals surface area (Å²) in [6, 6.07) is 0.432. The van der Waals surface area contributed by atoms with Crippen LogP contribution in [0.25, 0.3) is 0 Å². The van der Waals surface area contributed by atoms with Gasteiger partial charge in [0.25, 0.3) is 0 Å². The second-order valence-corrected chi connectivity index (χ2v) is 6.09. The average molecular weight is 268 g/mol. The van der Waals surface area contributed by atoms with Gasteiger partial charge in [-0.1, -0.05) is 19.1 Å². The molecule has 2 unspecified atom stereocenters. The van der Waals surface area contributed by atoms with Crippen molar-refractivity contribution in [3.8, 4) is 0 Å². The monoisotopic (exact) mass is 268 g/mol. The summed E-state index contributed by atoms with van der Waals surface area (Å²) < 4.78 is 2.08. The van der Waals surface area contributed by atoms with Crippen LogP contribution >= 0.6 is 11.8 Å². The Morgan fingerprint density at radius 3 is 3.06 bits per heavy atom. The molecule has 1 aliphatic heterocycles. The molecule has 0 radical (unpaired) electrons. The second-order valence-electron chi connectivity index (χ2n) is 4.94. The van der Waals surface area contributed by atoms with E-state index in [1.54, 1.807) is 0 Å². The molecule has 0 aliphatic carbocycles. The highest BCUT2D eigenvalue weighted by atomic mass is 32.2. The molecule has 0 saturated carbocycles. The Bertz CT molecular complexity index is 347. The van der Waals surface area contributed by atoms with Gasteiger partial charge in [-0.15, -0.1) is 5.10 Å². The zero-order valence-electron chi connectivity index (χ0n) is 11.4. The first-order chi connectivity index (χ1) is 8.86. The van der Waals surface area contributed by atoms with Crippen LogP contribution in [0.4, 0.5) is 0 Å². The van der Waals surface area contributed by atoms with E-state index in [-0.39, 0.29) is 0 Å². The Morgan fingerprint density at radius 1 is 1.50 bits per heavy atom. The Labute approximate surface area is 114 Å². The third-order valence-electron chi connectivity index (χ3n) is 3.45. The molecular formula is C13H24N4S. The van der Waals surface area contributed by atoms with E-state index in [1.807, 2.05) is 6.20 Å². The minimum atomic E-state index is 0.432. The summed E-state index contributed by atoms with van der Waals surface area (Å²) >= 11 is 2.07. The molecule has 5 heteroatoms. The Hall–Kier alpha value is -0.550. The van der Waals surface area contributed by atoms with Crippen LogP contribution in [0.1, 0.15) is 44.8 Å². The van der Waals surface area contributed by atoms with Crippen molar-refractivity contribution in [1.82, 2.24) is 20.3 Å². The van der Waals surface area contributed by atoms with Crippen molar-refractivity contribution in [3.05, 3.63) is 11.9 Å². The largest absolute Gasteiger partial charge is 0.308 e. The van der Waals surface area contributed by atoms with E-state index in [0.717, 1.165) is 25.4 Å². The van der Waals surface area contributed by atoms with Gasteiger partial charge in [0, 0.05) is 6.54 Å². The third-order valence-corrected chi connectivity index (χ3v) is 4.64. The van der Waals surface area contributed by atoms with Crippen LogP contribution in [0.2, 0.25) is 0 Å². The molecule has 1 saturated heterocycles. The molecule has 1 aliphatic rings. The molecule has 2 rings (SSSR count). The van der Waals surface area contributed by atoms with Gasteiger partial charge in [0.1, 0.15) is 0 Å². The Kier molecular flexibility index (Phi) is 5.50. The lowest BCUT2D eigenvalue weighted by Crippen LogP contribution is -2.31. The number of aromatic nitrogens is 3. The Balaban J connectivity index is 2.12. The summed E-state index contributed by atoms with van der Waals surface area (Å²) in [5.41, 5.74) is 1.28. The van der Waals surface area contributed by atoms with Gasteiger partial charge < -0.3 is 5.32 Å². The van der Waals surface area contributed by atoms with Gasteiger partial charge in [0.05, 0.1) is 17.9 Å². The van der Waals surface area contributed by atoms with Gasteiger partial charge in [-0.3, -0.25) is 0 Å². The molecule has 1 aromatic rings. The van der Waals surface area contributed by atoms with E-state index < -0.39 is 0 Å². The van der Waals surface area contributed by atoms with Crippen molar-refractivity contribution in [3.63, 3.8) is 0 Å². The highest BCUT2D eigenvalue weighted by Gasteiger charge is 2.28. The summed E-state index contributed by atoms with van der Waals surface area (Å²) in [7, 11) is 0. The number of thioether (sulfide) groups is 1. The number of aryl methyl sites for hydroxylation is 1. The van der Waals surface area contributed by atoms with Gasteiger partial charge in [-0.25, -0.2) is 4.68 Å². The van der Waals surface area contributed by atoms with Gasteiger partial charge >= 0.3 is 0 Å². The summed E-state index contributed by atoms with van der Waals surface area (Å²) in [6.07, 6.45) is 5.54. The predicted octanol–water partition coefficient (Wildman–Crippen LogP) is 2.48. The topological polar surface area (TPSA) is 42.7 Å². The predicted molar refractivity (Wildman–Crippen MR) is 76.8 cm³/mol. The fourth-order valence-corrected chi connectivity index (χ4v) is 3.82. The number of hydrogen-bond donors (Lipinski definition) is 1. The average Bonchev–Trinajstić information content (AvgIpc) is 3.02. The first-order valence-corrected chi connectivity index (χ1v) is 8.21. The summed E-state index contributed by atoms with van der Waals surface area (Å²) in [5.74, 6) is 3.29. The maximum Gasteiger partial charge on any atom is 0.0759 e. The van der Waals surface area contributed by atoms with Crippen LogP contribution < -0.4 is 5.32 Å². The van der Waals surface area contributed by atoms with Crippen molar-refractivity contribution >= 4 is 11.8 Å². The van der Waals surface area contributed by atoms with Crippen molar-refractivity contribution in [2.45, 2.75) is 45.7 Å². The van der Waals surface area contributed by atoms with Crippen LogP contribution in [-0.2, 0) is 6.54 Å². The molecular weight excluding hydrogens is 244 g/mol. The van der Waals surface area contributed by atoms with Gasteiger partial charge in [-0.2, -0.15) is 11.8 Å². The third kappa shape index (κ3) is 3.26. The number of rotatable bonds is 7. The first-order valence-electron chi connectivity index (χ1n) is 7.06. The normalized spacial score (nSPS) is 21.3. The van der Waals surface area contributed by atoms with Crippen LogP contribution in [-0.4, -0.2) is 33.0 Å². The molecule has 1 aromatic heterocycles. The quantitative estimate of drug-likeness (QED) is 0.825. The van der Waals surface area contributed by atoms with E-state index in [4.69, 9.17) is 0 Å². The Morgan fingerprint density at radius 2 is 2.39 bits per heavy atom. The zero-order valence-corrected chi connectivity index (χ0v) is 12.2. The highest BCUT2D eigenvalue weighted by molar-refractivity contribution is 7.99. The molecule has 1 fully saturated rings. The maximum absolute atomic E-state index is 4.23. The number of nitrogens with zero attached hydrogens (tertiary/aromatic N) is 3. The lowest BCUT2D eigenvalue weighted by molar-refractivity contribution is 0.365. The highest BCUT2D eigenvalue weighted by Crippen LogP contribution is 2.33. The smallest absolute Gasteiger partial charge is 0.0759 e. The van der Waals surface area contributed by atoms with Crippen LogP contribution in [0.3, 0.4) is 0 Å². The SMILES string of the molecule is CCCNC(c1cnnn1CCC)C1CCSC1. The number of nitrogens with one attached hydrogen (secondary N) is 1. The van der Waals surface area contributed by atoms with Gasteiger partial charge in [0.15, 0.2) is 0 Å².